The molecule has 3 aromatic rings. The number of carbonyl (C=O) groups excluding carboxylic acids is 1. The number of hydrogen-bond donors (Lipinski definition) is 1. The fourth-order valence-electron chi connectivity index (χ4n) is 3.11. The number of benzene rings is 2. The van der Waals surface area contributed by atoms with Crippen molar-refractivity contribution in [1.82, 2.24) is 14.9 Å². The van der Waals surface area contributed by atoms with Gasteiger partial charge in [-0.15, -0.1) is 0 Å². The zero-order valence-corrected chi connectivity index (χ0v) is 15.5. The molecule has 0 bridgehead atoms. The van der Waals surface area contributed by atoms with Gasteiger partial charge in [0.15, 0.2) is 5.16 Å². The summed E-state index contributed by atoms with van der Waals surface area (Å²) in [5, 5.41) is 0.442. The largest absolute Gasteiger partial charge is 0.378 e. The number of nitrogens with zero attached hydrogens (tertiary/aromatic N) is 2. The molecule has 1 saturated heterocycles. The molecule has 1 unspecified atom stereocenters. The fourth-order valence-corrected chi connectivity index (χ4v) is 4.19. The van der Waals surface area contributed by atoms with E-state index in [0.29, 0.717) is 26.3 Å². The number of amides is 1. The summed E-state index contributed by atoms with van der Waals surface area (Å²) < 4.78 is 5.39. The zero-order chi connectivity index (χ0) is 17.9. The first kappa shape index (κ1) is 17.1. The Morgan fingerprint density at radius 1 is 1.19 bits per heavy atom. The first-order valence-electron chi connectivity index (χ1n) is 8.75. The molecule has 0 spiro atoms. The minimum absolute atomic E-state index is 0.112. The van der Waals surface area contributed by atoms with Crippen LogP contribution < -0.4 is 0 Å². The van der Waals surface area contributed by atoms with Gasteiger partial charge in [-0.05, 0) is 30.2 Å². The number of carbonyl (C=O) groups is 1. The number of aromatic nitrogens is 2. The monoisotopic (exact) mass is 367 g/mol. The highest BCUT2D eigenvalue weighted by Crippen LogP contribution is 2.36. The van der Waals surface area contributed by atoms with Crippen LogP contribution in [0.15, 0.2) is 53.7 Å². The van der Waals surface area contributed by atoms with Gasteiger partial charge in [0.05, 0.1) is 24.2 Å². The van der Waals surface area contributed by atoms with Gasteiger partial charge in [0.25, 0.3) is 0 Å². The van der Waals surface area contributed by atoms with E-state index in [1.165, 1.54) is 17.3 Å². The van der Waals surface area contributed by atoms with Crippen LogP contribution in [-0.4, -0.2) is 47.1 Å². The molecule has 1 aromatic heterocycles. The van der Waals surface area contributed by atoms with Crippen LogP contribution in [0.25, 0.3) is 11.0 Å². The third-order valence-electron chi connectivity index (χ3n) is 4.49. The van der Waals surface area contributed by atoms with E-state index in [1.807, 2.05) is 47.4 Å². The number of fused-ring (bicyclic) bond motifs is 1. The van der Waals surface area contributed by atoms with Crippen molar-refractivity contribution in [3.63, 3.8) is 0 Å². The molecule has 0 aliphatic carbocycles. The first-order valence-corrected chi connectivity index (χ1v) is 9.63. The Balaban J connectivity index is 1.64. The van der Waals surface area contributed by atoms with Crippen LogP contribution in [0.5, 0.6) is 0 Å². The predicted molar refractivity (Wildman–Crippen MR) is 103 cm³/mol. The molecule has 0 saturated carbocycles. The number of H-pyrrole nitrogens is 1. The Hall–Kier alpha value is -2.31. The van der Waals surface area contributed by atoms with E-state index in [-0.39, 0.29) is 11.2 Å². The van der Waals surface area contributed by atoms with E-state index in [2.05, 4.69) is 23.0 Å². The number of hydrogen-bond acceptors (Lipinski definition) is 4. The minimum Gasteiger partial charge on any atom is -0.378 e. The smallest absolute Gasteiger partial charge is 0.240 e. The second kappa shape index (κ2) is 7.51. The number of aryl methyl sites for hydroxylation is 1. The summed E-state index contributed by atoms with van der Waals surface area (Å²) in [5.41, 5.74) is 4.09. The molecule has 4 rings (SSSR count). The van der Waals surface area contributed by atoms with Crippen molar-refractivity contribution in [3.05, 3.63) is 59.7 Å². The van der Waals surface area contributed by atoms with Crippen LogP contribution in [0.2, 0.25) is 0 Å². The molecule has 2 aromatic carbocycles. The molecule has 2 heterocycles. The third-order valence-corrected chi connectivity index (χ3v) is 5.62. The van der Waals surface area contributed by atoms with Crippen molar-refractivity contribution >= 4 is 28.7 Å². The van der Waals surface area contributed by atoms with Crippen LogP contribution in [0.1, 0.15) is 16.4 Å². The SMILES string of the molecule is Cc1ccc2nc(SC(C(=O)N3CCOCC3)c3ccccc3)[nH]c2c1. The zero-order valence-electron chi connectivity index (χ0n) is 14.6. The van der Waals surface area contributed by atoms with E-state index in [0.717, 1.165) is 21.8 Å². The van der Waals surface area contributed by atoms with Crippen LogP contribution in [0.3, 0.4) is 0 Å². The molecule has 1 fully saturated rings. The summed E-state index contributed by atoms with van der Waals surface area (Å²) in [6, 6.07) is 16.0. The van der Waals surface area contributed by atoms with Gasteiger partial charge in [-0.3, -0.25) is 4.79 Å². The van der Waals surface area contributed by atoms with Crippen molar-refractivity contribution in [1.29, 1.82) is 0 Å². The Morgan fingerprint density at radius 3 is 2.73 bits per heavy atom. The fraction of sp³-hybridized carbons (Fsp3) is 0.300. The van der Waals surface area contributed by atoms with Gasteiger partial charge in [0.1, 0.15) is 5.25 Å². The van der Waals surface area contributed by atoms with Gasteiger partial charge < -0.3 is 14.6 Å². The summed E-state index contributed by atoms with van der Waals surface area (Å²) in [7, 11) is 0. The lowest BCUT2D eigenvalue weighted by molar-refractivity contribution is -0.134. The molecule has 1 atom stereocenters. The average molecular weight is 367 g/mol. The minimum atomic E-state index is -0.323. The van der Waals surface area contributed by atoms with Crippen LogP contribution in [0, 0.1) is 6.92 Å². The van der Waals surface area contributed by atoms with Crippen LogP contribution in [-0.2, 0) is 9.53 Å². The van der Waals surface area contributed by atoms with E-state index >= 15 is 0 Å². The lowest BCUT2D eigenvalue weighted by Crippen LogP contribution is -2.42. The molecule has 0 radical (unpaired) electrons. The Labute approximate surface area is 156 Å². The average Bonchev–Trinajstić information content (AvgIpc) is 3.08. The molecule has 5 nitrogen and oxygen atoms in total. The molecule has 1 aliphatic rings. The van der Waals surface area contributed by atoms with Gasteiger partial charge in [0, 0.05) is 13.1 Å². The normalized spacial score (nSPS) is 16.0. The summed E-state index contributed by atoms with van der Waals surface area (Å²) in [5.74, 6) is 0.112. The maximum absolute atomic E-state index is 13.2. The third kappa shape index (κ3) is 3.61. The van der Waals surface area contributed by atoms with Gasteiger partial charge in [-0.2, -0.15) is 0 Å². The molecule has 1 aliphatic heterocycles. The summed E-state index contributed by atoms with van der Waals surface area (Å²) in [6.07, 6.45) is 0. The predicted octanol–water partition coefficient (Wildman–Crippen LogP) is 3.56. The number of ether oxygens (including phenoxy) is 1. The summed E-state index contributed by atoms with van der Waals surface area (Å²) >= 11 is 1.48. The molecular weight excluding hydrogens is 346 g/mol. The van der Waals surface area contributed by atoms with Gasteiger partial charge >= 0.3 is 0 Å². The molecule has 134 valence electrons. The Bertz CT molecular complexity index is 904. The van der Waals surface area contributed by atoms with Crippen molar-refractivity contribution in [2.75, 3.05) is 26.3 Å². The second-order valence-electron chi connectivity index (χ2n) is 6.41. The first-order chi connectivity index (χ1) is 12.7. The molecule has 1 amide bonds. The van der Waals surface area contributed by atoms with Crippen molar-refractivity contribution in [2.45, 2.75) is 17.3 Å². The van der Waals surface area contributed by atoms with E-state index < -0.39 is 0 Å². The highest BCUT2D eigenvalue weighted by molar-refractivity contribution is 8.00. The van der Waals surface area contributed by atoms with Gasteiger partial charge in [0.2, 0.25) is 5.91 Å². The quantitative estimate of drug-likeness (QED) is 0.717. The number of rotatable bonds is 4. The standard InChI is InChI=1S/C20H21N3O2S/c1-14-7-8-16-17(13-14)22-20(21-16)26-18(15-5-3-2-4-6-15)19(24)23-9-11-25-12-10-23/h2-8,13,18H,9-12H2,1H3,(H,21,22). The van der Waals surface area contributed by atoms with Gasteiger partial charge in [-0.1, -0.05) is 48.2 Å². The lowest BCUT2D eigenvalue weighted by atomic mass is 10.1. The topological polar surface area (TPSA) is 58.2 Å². The van der Waals surface area contributed by atoms with Crippen LogP contribution in [0.4, 0.5) is 0 Å². The highest BCUT2D eigenvalue weighted by Gasteiger charge is 2.29. The summed E-state index contributed by atoms with van der Waals surface area (Å²) in [4.78, 5) is 23.1. The van der Waals surface area contributed by atoms with E-state index in [4.69, 9.17) is 4.74 Å². The molecule has 6 heteroatoms. The highest BCUT2D eigenvalue weighted by atomic mass is 32.2. The Kier molecular flexibility index (Phi) is 4.95. The Morgan fingerprint density at radius 2 is 1.96 bits per heavy atom. The van der Waals surface area contributed by atoms with Gasteiger partial charge in [-0.25, -0.2) is 4.98 Å². The van der Waals surface area contributed by atoms with E-state index in [9.17, 15) is 4.79 Å². The van der Waals surface area contributed by atoms with E-state index in [1.54, 1.807) is 0 Å². The molecular formula is C20H21N3O2S. The van der Waals surface area contributed by atoms with Crippen molar-refractivity contribution in [2.24, 2.45) is 0 Å². The number of imidazole rings is 1. The van der Waals surface area contributed by atoms with Crippen molar-refractivity contribution in [3.8, 4) is 0 Å². The second-order valence-corrected chi connectivity index (χ2v) is 7.50. The summed E-state index contributed by atoms with van der Waals surface area (Å²) in [6.45, 7) is 4.54. The maximum atomic E-state index is 13.2. The number of aromatic amines is 1. The molecule has 1 N–H and O–H groups in total. The number of morpholine rings is 1. The van der Waals surface area contributed by atoms with Crippen molar-refractivity contribution < 1.29 is 9.53 Å². The van der Waals surface area contributed by atoms with Crippen LogP contribution >= 0.6 is 11.8 Å². The number of nitrogens with one attached hydrogen (secondary N) is 1. The number of thioether (sulfide) groups is 1. The molecule has 26 heavy (non-hydrogen) atoms. The lowest BCUT2D eigenvalue weighted by Gasteiger charge is -2.30. The maximum Gasteiger partial charge on any atom is 0.240 e.